The number of likely N-dealkylation sites (tertiary alicyclic amines) is 1. The van der Waals surface area contributed by atoms with Gasteiger partial charge in [0.15, 0.2) is 0 Å². The number of likely N-dealkylation sites (N-methyl/N-ethyl adjacent to an activating group) is 1. The molecule has 4 amide bonds. The second kappa shape index (κ2) is 6.20. The van der Waals surface area contributed by atoms with E-state index < -0.39 is 17.8 Å². The number of hydrogen-bond donors (Lipinski definition) is 0. The first kappa shape index (κ1) is 16.2. The van der Waals surface area contributed by atoms with E-state index in [-0.39, 0.29) is 12.6 Å². The minimum atomic E-state index is -0.760. The number of carbonyl (C=O) groups excluding carboxylic acids is 3. The molecule has 3 heterocycles. The number of rotatable bonds is 3. The van der Waals surface area contributed by atoms with Gasteiger partial charge in [-0.1, -0.05) is 12.1 Å². The van der Waals surface area contributed by atoms with E-state index in [0.29, 0.717) is 0 Å². The first-order valence-electron chi connectivity index (χ1n) is 8.26. The van der Waals surface area contributed by atoms with Crippen LogP contribution in [0.4, 0.5) is 4.79 Å². The predicted molar refractivity (Wildman–Crippen MR) is 93.0 cm³/mol. The summed E-state index contributed by atoms with van der Waals surface area (Å²) in [5.41, 5.74) is 1.01. The van der Waals surface area contributed by atoms with E-state index in [9.17, 15) is 14.4 Å². The molecule has 2 fully saturated rings. The topological polar surface area (TPSA) is 73.8 Å². The first-order chi connectivity index (χ1) is 12.0. The van der Waals surface area contributed by atoms with Gasteiger partial charge < -0.3 is 0 Å². The molecule has 8 heteroatoms. The van der Waals surface area contributed by atoms with E-state index in [1.807, 2.05) is 18.2 Å². The third-order valence-corrected chi connectivity index (χ3v) is 5.96. The largest absolute Gasteiger partial charge is 0.335 e. The molecule has 25 heavy (non-hydrogen) atoms. The van der Waals surface area contributed by atoms with Crippen molar-refractivity contribution in [2.75, 3.05) is 26.8 Å². The van der Waals surface area contributed by atoms with Crippen molar-refractivity contribution in [1.82, 2.24) is 19.7 Å². The van der Waals surface area contributed by atoms with Crippen molar-refractivity contribution < 1.29 is 14.4 Å². The van der Waals surface area contributed by atoms with E-state index in [4.69, 9.17) is 4.98 Å². The lowest BCUT2D eigenvalue weighted by atomic mass is 9.99. The van der Waals surface area contributed by atoms with Crippen molar-refractivity contribution in [1.29, 1.82) is 0 Å². The van der Waals surface area contributed by atoms with Crippen molar-refractivity contribution in [3.05, 3.63) is 29.3 Å². The van der Waals surface area contributed by atoms with Gasteiger partial charge in [-0.05, 0) is 31.5 Å². The van der Waals surface area contributed by atoms with Crippen LogP contribution < -0.4 is 0 Å². The average molecular weight is 358 g/mol. The molecular weight excluding hydrogens is 340 g/mol. The molecule has 2 saturated heterocycles. The first-order valence-corrected chi connectivity index (χ1v) is 9.07. The van der Waals surface area contributed by atoms with Gasteiger partial charge in [0, 0.05) is 19.5 Å². The lowest BCUT2D eigenvalue weighted by molar-refractivity contribution is -0.143. The highest BCUT2D eigenvalue weighted by Crippen LogP contribution is 2.33. The fourth-order valence-corrected chi connectivity index (χ4v) is 4.48. The molecule has 4 rings (SSSR count). The Morgan fingerprint density at radius 3 is 2.72 bits per heavy atom. The third kappa shape index (κ3) is 2.81. The maximum atomic E-state index is 12.0. The molecule has 0 spiro atoms. The molecule has 0 bridgehead atoms. The van der Waals surface area contributed by atoms with Crippen molar-refractivity contribution in [3.8, 4) is 0 Å². The molecule has 0 aliphatic carbocycles. The van der Waals surface area contributed by atoms with Crippen LogP contribution in [0.15, 0.2) is 24.3 Å². The SMILES string of the molecule is CN1C(=O)C(=O)N(CN2CCC[C@H](c3nc4ccccc4s3)C2)C1=O. The predicted octanol–water partition coefficient (Wildman–Crippen LogP) is 1.85. The van der Waals surface area contributed by atoms with Gasteiger partial charge in [0.1, 0.15) is 0 Å². The number of urea groups is 1. The highest BCUT2D eigenvalue weighted by Gasteiger charge is 2.43. The summed E-state index contributed by atoms with van der Waals surface area (Å²) in [6.07, 6.45) is 2.01. The number of fused-ring (bicyclic) bond motifs is 1. The van der Waals surface area contributed by atoms with Crippen LogP contribution in [-0.2, 0) is 9.59 Å². The summed E-state index contributed by atoms with van der Waals surface area (Å²) in [4.78, 5) is 44.3. The van der Waals surface area contributed by atoms with Gasteiger partial charge in [-0.2, -0.15) is 0 Å². The molecule has 2 aliphatic rings. The fourth-order valence-electron chi connectivity index (χ4n) is 3.39. The summed E-state index contributed by atoms with van der Waals surface area (Å²) in [5, 5.41) is 1.10. The monoisotopic (exact) mass is 358 g/mol. The zero-order chi connectivity index (χ0) is 17.6. The number of thiazole rings is 1. The van der Waals surface area contributed by atoms with Crippen molar-refractivity contribution in [2.24, 2.45) is 0 Å². The Balaban J connectivity index is 1.49. The molecule has 7 nitrogen and oxygen atoms in total. The molecule has 0 N–H and O–H groups in total. The van der Waals surface area contributed by atoms with Gasteiger partial charge in [0.25, 0.3) is 0 Å². The summed E-state index contributed by atoms with van der Waals surface area (Å²) in [7, 11) is 1.34. The number of carbonyl (C=O) groups is 3. The minimum absolute atomic E-state index is 0.162. The Hall–Kier alpha value is -2.32. The van der Waals surface area contributed by atoms with Crippen molar-refractivity contribution >= 4 is 39.4 Å². The Kier molecular flexibility index (Phi) is 4.01. The second-order valence-corrected chi connectivity index (χ2v) is 7.52. The Bertz CT molecular complexity index is 831. The number of amides is 4. The Morgan fingerprint density at radius 2 is 2.00 bits per heavy atom. The third-order valence-electron chi connectivity index (χ3n) is 4.76. The van der Waals surface area contributed by atoms with Crippen molar-refractivity contribution in [3.63, 3.8) is 0 Å². The highest BCUT2D eigenvalue weighted by molar-refractivity contribution is 7.18. The van der Waals surface area contributed by atoms with E-state index in [1.165, 1.54) is 11.7 Å². The van der Waals surface area contributed by atoms with Crippen LogP contribution in [-0.4, -0.2) is 64.3 Å². The standard InChI is InChI=1S/C17H18N4O3S/c1-19-15(22)16(23)21(17(19)24)10-20-8-4-5-11(9-20)14-18-12-6-2-3-7-13(12)25-14/h2-3,6-7,11H,4-5,8-10H2,1H3/t11-/m0/s1. The minimum Gasteiger partial charge on any atom is -0.285 e. The molecule has 0 unspecified atom stereocenters. The maximum absolute atomic E-state index is 12.0. The van der Waals surface area contributed by atoms with Crippen LogP contribution in [0.5, 0.6) is 0 Å². The number of aromatic nitrogens is 1. The molecule has 0 saturated carbocycles. The number of piperidine rings is 1. The average Bonchev–Trinajstić information content (AvgIpc) is 3.14. The van der Waals surface area contributed by atoms with E-state index in [1.54, 1.807) is 11.3 Å². The van der Waals surface area contributed by atoms with E-state index >= 15 is 0 Å². The van der Waals surface area contributed by atoms with Crippen LogP contribution in [0.1, 0.15) is 23.8 Å². The molecule has 2 aliphatic heterocycles. The number of benzene rings is 1. The van der Waals surface area contributed by atoms with Gasteiger partial charge in [0.2, 0.25) is 0 Å². The van der Waals surface area contributed by atoms with Gasteiger partial charge in [-0.3, -0.25) is 19.4 Å². The summed E-state index contributed by atoms with van der Waals surface area (Å²) < 4.78 is 1.17. The molecule has 0 radical (unpaired) electrons. The van der Waals surface area contributed by atoms with E-state index in [0.717, 1.165) is 46.3 Å². The fraction of sp³-hybridized carbons (Fsp3) is 0.412. The lowest BCUT2D eigenvalue weighted by Crippen LogP contribution is -2.45. The van der Waals surface area contributed by atoms with E-state index in [2.05, 4.69) is 11.0 Å². The number of nitrogens with zero attached hydrogens (tertiary/aromatic N) is 4. The van der Waals surface area contributed by atoms with Gasteiger partial charge in [0.05, 0.1) is 21.9 Å². The van der Waals surface area contributed by atoms with Crippen LogP contribution in [0.2, 0.25) is 0 Å². The number of imide groups is 2. The highest BCUT2D eigenvalue weighted by atomic mass is 32.1. The van der Waals surface area contributed by atoms with Gasteiger partial charge in [-0.25, -0.2) is 14.7 Å². The molecular formula is C17H18N4O3S. The maximum Gasteiger partial charge on any atom is 0.335 e. The van der Waals surface area contributed by atoms with Crippen LogP contribution >= 0.6 is 11.3 Å². The number of para-hydroxylation sites is 1. The van der Waals surface area contributed by atoms with Crippen LogP contribution in [0.25, 0.3) is 10.2 Å². The molecule has 1 aromatic heterocycles. The smallest absolute Gasteiger partial charge is 0.285 e. The molecule has 2 aromatic rings. The summed E-state index contributed by atoms with van der Waals surface area (Å²) in [6.45, 7) is 1.69. The molecule has 130 valence electrons. The number of hydrogen-bond acceptors (Lipinski definition) is 6. The molecule has 1 aromatic carbocycles. The summed E-state index contributed by atoms with van der Waals surface area (Å²) >= 11 is 1.70. The zero-order valence-electron chi connectivity index (χ0n) is 13.8. The van der Waals surface area contributed by atoms with Gasteiger partial charge in [-0.15, -0.1) is 11.3 Å². The molecule has 1 atom stereocenters. The van der Waals surface area contributed by atoms with Crippen LogP contribution in [0.3, 0.4) is 0 Å². The van der Waals surface area contributed by atoms with Crippen molar-refractivity contribution in [2.45, 2.75) is 18.8 Å². The second-order valence-electron chi connectivity index (χ2n) is 6.46. The summed E-state index contributed by atoms with van der Waals surface area (Å²) in [6, 6.07) is 7.53. The van der Waals surface area contributed by atoms with Gasteiger partial charge >= 0.3 is 17.8 Å². The Morgan fingerprint density at radius 1 is 1.20 bits per heavy atom. The van der Waals surface area contributed by atoms with Crippen LogP contribution in [0, 0.1) is 0 Å². The lowest BCUT2D eigenvalue weighted by Gasteiger charge is -2.33. The normalized spacial score (nSPS) is 22.4. The summed E-state index contributed by atoms with van der Waals surface area (Å²) in [5.74, 6) is -1.22. The Labute approximate surface area is 148 Å². The quantitative estimate of drug-likeness (QED) is 0.618. The zero-order valence-corrected chi connectivity index (χ0v) is 14.7.